The quantitative estimate of drug-likeness (QED) is 0.801. The van der Waals surface area contributed by atoms with Crippen molar-refractivity contribution in [2.45, 2.75) is 6.42 Å². The van der Waals surface area contributed by atoms with Crippen molar-refractivity contribution in [2.24, 2.45) is 5.73 Å². The summed E-state index contributed by atoms with van der Waals surface area (Å²) in [5.41, 5.74) is 5.49. The third-order valence-electron chi connectivity index (χ3n) is 1.83. The fraction of sp³-hybridized carbons (Fsp3) is 0.222. The van der Waals surface area contributed by atoms with Crippen molar-refractivity contribution in [3.05, 3.63) is 35.7 Å². The molecule has 0 unspecified atom stereocenters. The highest BCUT2D eigenvalue weighted by Crippen LogP contribution is 2.16. The molecule has 2 aromatic rings. The summed E-state index contributed by atoms with van der Waals surface area (Å²) < 4.78 is 2.08. The maximum atomic E-state index is 5.49. The molecular weight excluding hydrogens is 182 g/mol. The minimum Gasteiger partial charge on any atom is -0.330 e. The van der Waals surface area contributed by atoms with E-state index in [4.69, 9.17) is 5.73 Å². The molecule has 3 nitrogen and oxygen atoms in total. The van der Waals surface area contributed by atoms with E-state index < -0.39 is 0 Å². The fourth-order valence-corrected chi connectivity index (χ4v) is 1.99. The molecule has 0 saturated carbocycles. The standard InChI is InChI=1S/C9H11N3S/c10-4-3-8-11-5-6-12(8)9-2-1-7-13-9/h1-2,5-7H,3-4,10H2. The highest BCUT2D eigenvalue weighted by atomic mass is 32.1. The van der Waals surface area contributed by atoms with Crippen molar-refractivity contribution >= 4 is 11.3 Å². The summed E-state index contributed by atoms with van der Waals surface area (Å²) in [4.78, 5) is 4.25. The maximum absolute atomic E-state index is 5.49. The highest BCUT2D eigenvalue weighted by Gasteiger charge is 2.03. The van der Waals surface area contributed by atoms with Gasteiger partial charge in [0, 0.05) is 18.8 Å². The van der Waals surface area contributed by atoms with Gasteiger partial charge in [0.2, 0.25) is 0 Å². The second-order valence-electron chi connectivity index (χ2n) is 2.70. The second-order valence-corrected chi connectivity index (χ2v) is 3.63. The van der Waals surface area contributed by atoms with Crippen molar-refractivity contribution in [1.82, 2.24) is 9.55 Å². The topological polar surface area (TPSA) is 43.8 Å². The van der Waals surface area contributed by atoms with Gasteiger partial charge in [-0.2, -0.15) is 0 Å². The Morgan fingerprint density at radius 1 is 1.54 bits per heavy atom. The Morgan fingerprint density at radius 3 is 3.15 bits per heavy atom. The summed E-state index contributed by atoms with van der Waals surface area (Å²) in [5, 5.41) is 3.25. The van der Waals surface area contributed by atoms with Crippen molar-refractivity contribution in [2.75, 3.05) is 6.54 Å². The molecule has 0 aliphatic rings. The molecule has 0 aromatic carbocycles. The summed E-state index contributed by atoms with van der Waals surface area (Å²) in [6.07, 6.45) is 4.60. The molecular formula is C9H11N3S. The predicted molar refractivity (Wildman–Crippen MR) is 54.2 cm³/mol. The lowest BCUT2D eigenvalue weighted by molar-refractivity contribution is 0.843. The summed E-state index contributed by atoms with van der Waals surface area (Å²) in [5.74, 6) is 1.03. The van der Waals surface area contributed by atoms with E-state index >= 15 is 0 Å². The molecule has 0 spiro atoms. The van der Waals surface area contributed by atoms with Crippen LogP contribution in [0.5, 0.6) is 0 Å². The number of imidazole rings is 1. The average Bonchev–Trinajstić information content (AvgIpc) is 2.71. The number of aromatic nitrogens is 2. The minimum atomic E-state index is 0.641. The van der Waals surface area contributed by atoms with Gasteiger partial charge in [-0.15, -0.1) is 11.3 Å². The average molecular weight is 193 g/mol. The molecule has 2 aromatic heterocycles. The van der Waals surface area contributed by atoms with E-state index in [9.17, 15) is 0 Å². The van der Waals surface area contributed by atoms with Crippen LogP contribution < -0.4 is 5.73 Å². The normalized spacial score (nSPS) is 10.5. The lowest BCUT2D eigenvalue weighted by Gasteiger charge is -2.02. The lowest BCUT2D eigenvalue weighted by Crippen LogP contribution is -2.07. The molecule has 0 bridgehead atoms. The molecule has 0 aliphatic heterocycles. The van der Waals surface area contributed by atoms with E-state index in [0.29, 0.717) is 6.54 Å². The van der Waals surface area contributed by atoms with Crippen molar-refractivity contribution in [3.63, 3.8) is 0 Å². The van der Waals surface area contributed by atoms with E-state index in [1.54, 1.807) is 11.3 Å². The van der Waals surface area contributed by atoms with Gasteiger partial charge < -0.3 is 5.73 Å². The van der Waals surface area contributed by atoms with Crippen LogP contribution in [0.2, 0.25) is 0 Å². The van der Waals surface area contributed by atoms with Gasteiger partial charge in [-0.3, -0.25) is 4.57 Å². The smallest absolute Gasteiger partial charge is 0.115 e. The van der Waals surface area contributed by atoms with Gasteiger partial charge in [-0.1, -0.05) is 0 Å². The van der Waals surface area contributed by atoms with Crippen LogP contribution in [0.25, 0.3) is 5.00 Å². The minimum absolute atomic E-state index is 0.641. The van der Waals surface area contributed by atoms with Gasteiger partial charge in [-0.05, 0) is 24.1 Å². The Bertz CT molecular complexity index is 364. The zero-order valence-corrected chi connectivity index (χ0v) is 8.00. The van der Waals surface area contributed by atoms with Crippen LogP contribution in [-0.4, -0.2) is 16.1 Å². The Labute approximate surface area is 80.8 Å². The van der Waals surface area contributed by atoms with Gasteiger partial charge in [0.05, 0.1) is 0 Å². The van der Waals surface area contributed by atoms with E-state index in [1.807, 2.05) is 18.5 Å². The molecule has 0 atom stereocenters. The molecule has 0 radical (unpaired) electrons. The number of thiophene rings is 1. The molecule has 0 saturated heterocycles. The molecule has 2 N–H and O–H groups in total. The van der Waals surface area contributed by atoms with Crippen molar-refractivity contribution < 1.29 is 0 Å². The third-order valence-corrected chi connectivity index (χ3v) is 2.70. The molecule has 0 amide bonds. The van der Waals surface area contributed by atoms with Crippen LogP contribution in [0, 0.1) is 0 Å². The van der Waals surface area contributed by atoms with Crippen molar-refractivity contribution in [1.29, 1.82) is 0 Å². The summed E-state index contributed by atoms with van der Waals surface area (Å²) in [6, 6.07) is 4.11. The summed E-state index contributed by atoms with van der Waals surface area (Å²) in [6.45, 7) is 0.641. The van der Waals surface area contributed by atoms with Crippen LogP contribution in [0.4, 0.5) is 0 Å². The first kappa shape index (κ1) is 8.47. The van der Waals surface area contributed by atoms with Crippen LogP contribution in [0.3, 0.4) is 0 Å². The number of hydrogen-bond acceptors (Lipinski definition) is 3. The summed E-state index contributed by atoms with van der Waals surface area (Å²) in [7, 11) is 0. The first-order valence-corrected chi connectivity index (χ1v) is 5.06. The third kappa shape index (κ3) is 1.64. The fourth-order valence-electron chi connectivity index (χ4n) is 1.26. The SMILES string of the molecule is NCCc1nccn1-c1cccs1. The number of rotatable bonds is 3. The molecule has 4 heteroatoms. The molecule has 13 heavy (non-hydrogen) atoms. The number of nitrogens with zero attached hydrogens (tertiary/aromatic N) is 2. The van der Waals surface area contributed by atoms with Crippen molar-refractivity contribution in [3.8, 4) is 5.00 Å². The van der Waals surface area contributed by atoms with E-state index in [2.05, 4.69) is 21.0 Å². The monoisotopic (exact) mass is 193 g/mol. The zero-order valence-electron chi connectivity index (χ0n) is 7.18. The van der Waals surface area contributed by atoms with E-state index in [1.165, 1.54) is 5.00 Å². The number of nitrogens with two attached hydrogens (primary N) is 1. The molecule has 0 fully saturated rings. The zero-order chi connectivity index (χ0) is 9.10. The van der Waals surface area contributed by atoms with E-state index in [-0.39, 0.29) is 0 Å². The molecule has 2 rings (SSSR count). The predicted octanol–water partition coefficient (Wildman–Crippen LogP) is 1.43. The van der Waals surface area contributed by atoms with Gasteiger partial charge >= 0.3 is 0 Å². The summed E-state index contributed by atoms with van der Waals surface area (Å²) >= 11 is 1.70. The Morgan fingerprint density at radius 2 is 2.46 bits per heavy atom. The Hall–Kier alpha value is -1.13. The Kier molecular flexibility index (Phi) is 2.42. The van der Waals surface area contributed by atoms with Crippen LogP contribution in [0.1, 0.15) is 5.82 Å². The first-order valence-electron chi connectivity index (χ1n) is 4.18. The largest absolute Gasteiger partial charge is 0.330 e. The Balaban J connectivity index is 2.35. The molecule has 0 aliphatic carbocycles. The second kappa shape index (κ2) is 3.72. The lowest BCUT2D eigenvalue weighted by atomic mass is 10.4. The maximum Gasteiger partial charge on any atom is 0.115 e. The molecule has 68 valence electrons. The highest BCUT2D eigenvalue weighted by molar-refractivity contribution is 7.12. The molecule has 2 heterocycles. The van der Waals surface area contributed by atoms with Gasteiger partial charge in [0.15, 0.2) is 0 Å². The van der Waals surface area contributed by atoms with Gasteiger partial charge in [0.25, 0.3) is 0 Å². The van der Waals surface area contributed by atoms with Crippen LogP contribution in [0.15, 0.2) is 29.9 Å². The number of hydrogen-bond donors (Lipinski definition) is 1. The first-order chi connectivity index (χ1) is 6.42. The van der Waals surface area contributed by atoms with Crippen LogP contribution >= 0.6 is 11.3 Å². The van der Waals surface area contributed by atoms with Gasteiger partial charge in [-0.25, -0.2) is 4.98 Å². The van der Waals surface area contributed by atoms with Crippen LogP contribution in [-0.2, 0) is 6.42 Å². The van der Waals surface area contributed by atoms with Gasteiger partial charge in [0.1, 0.15) is 10.8 Å². The van der Waals surface area contributed by atoms with E-state index in [0.717, 1.165) is 12.2 Å².